The third-order valence-corrected chi connectivity index (χ3v) is 10.7. The summed E-state index contributed by atoms with van der Waals surface area (Å²) in [6, 6.07) is 0. The molecular formula is C22H33N3O4S. The van der Waals surface area contributed by atoms with Crippen LogP contribution in [0.1, 0.15) is 101 Å². The van der Waals surface area contributed by atoms with Gasteiger partial charge in [-0.15, -0.1) is 0 Å². The van der Waals surface area contributed by atoms with Gasteiger partial charge in [0, 0.05) is 25.4 Å². The number of aromatic nitrogens is 2. The first-order chi connectivity index (χ1) is 14.5. The Hall–Kier alpha value is -1.44. The van der Waals surface area contributed by atoms with Crippen LogP contribution in [0, 0.1) is 5.92 Å². The van der Waals surface area contributed by atoms with E-state index < -0.39 is 14.6 Å². The van der Waals surface area contributed by atoms with Crippen molar-refractivity contribution < 1.29 is 17.7 Å². The molecule has 0 aromatic carbocycles. The molecule has 166 valence electrons. The van der Waals surface area contributed by atoms with Crippen LogP contribution in [0.4, 0.5) is 0 Å². The zero-order chi connectivity index (χ0) is 20.8. The first-order valence-electron chi connectivity index (χ1n) is 11.8. The van der Waals surface area contributed by atoms with Crippen molar-refractivity contribution in [2.75, 3.05) is 18.8 Å². The molecule has 2 aliphatic heterocycles. The van der Waals surface area contributed by atoms with Crippen LogP contribution in [0.3, 0.4) is 0 Å². The van der Waals surface area contributed by atoms with Gasteiger partial charge in [-0.1, -0.05) is 50.1 Å². The van der Waals surface area contributed by atoms with Gasteiger partial charge in [0.2, 0.25) is 11.8 Å². The first-order valence-corrected chi connectivity index (χ1v) is 13.5. The highest BCUT2D eigenvalue weighted by atomic mass is 32.2. The maximum absolute atomic E-state index is 13.0. The Morgan fingerprint density at radius 3 is 2.47 bits per heavy atom. The number of carbonyl (C=O) groups excluding carboxylic acids is 1. The van der Waals surface area contributed by atoms with E-state index in [1.54, 1.807) is 4.90 Å². The minimum atomic E-state index is -3.28. The Bertz CT molecular complexity index is 878. The fourth-order valence-electron chi connectivity index (χ4n) is 6.20. The van der Waals surface area contributed by atoms with Crippen LogP contribution in [0.5, 0.6) is 0 Å². The zero-order valence-electron chi connectivity index (χ0n) is 17.7. The molecule has 2 saturated carbocycles. The lowest BCUT2D eigenvalue weighted by Crippen LogP contribution is -2.67. The van der Waals surface area contributed by atoms with Crippen LogP contribution in [0.25, 0.3) is 0 Å². The predicted molar refractivity (Wildman–Crippen MR) is 112 cm³/mol. The van der Waals surface area contributed by atoms with Gasteiger partial charge < -0.3 is 9.42 Å². The smallest absolute Gasteiger partial charge is 0.231 e. The Balaban J connectivity index is 1.25. The molecule has 2 saturated heterocycles. The quantitative estimate of drug-likeness (QED) is 0.702. The Kier molecular flexibility index (Phi) is 5.40. The van der Waals surface area contributed by atoms with Gasteiger partial charge in [0.1, 0.15) is 4.75 Å². The molecule has 8 heteroatoms. The minimum Gasteiger partial charge on any atom is -0.339 e. The number of likely N-dealkylation sites (tertiary alicyclic amines) is 1. The summed E-state index contributed by atoms with van der Waals surface area (Å²) in [7, 11) is -3.28. The molecule has 0 N–H and O–H groups in total. The standard InChI is InChI=1S/C22H33N3O4S/c26-19(11-10-16-6-2-1-3-7-16)25-14-22(15-25)18(12-13-30(22,27)28)21-23-20(24-29-21)17-8-4-5-9-17/h16-18H,1-15H2. The van der Waals surface area contributed by atoms with Gasteiger partial charge in [0.15, 0.2) is 15.7 Å². The number of amides is 1. The average Bonchev–Trinajstić information content (AvgIpc) is 3.44. The van der Waals surface area contributed by atoms with E-state index in [0.29, 0.717) is 30.6 Å². The number of hydrogen-bond donors (Lipinski definition) is 0. The lowest BCUT2D eigenvalue weighted by Gasteiger charge is -2.49. The Labute approximate surface area is 178 Å². The Morgan fingerprint density at radius 1 is 1.03 bits per heavy atom. The SMILES string of the molecule is O=C(CCC1CCCCC1)N1CC2(C1)C(c1nc(C3CCCC3)no1)CCS2(=O)=O. The number of hydrogen-bond acceptors (Lipinski definition) is 6. The fourth-order valence-corrected chi connectivity index (χ4v) is 8.51. The summed E-state index contributed by atoms with van der Waals surface area (Å²) in [5.74, 6) is 2.16. The van der Waals surface area contributed by atoms with Crippen molar-refractivity contribution in [1.29, 1.82) is 0 Å². The monoisotopic (exact) mass is 435 g/mol. The summed E-state index contributed by atoms with van der Waals surface area (Å²) >= 11 is 0. The van der Waals surface area contributed by atoms with Crippen LogP contribution >= 0.6 is 0 Å². The zero-order valence-corrected chi connectivity index (χ0v) is 18.5. The Morgan fingerprint density at radius 2 is 1.73 bits per heavy atom. The van der Waals surface area contributed by atoms with Gasteiger partial charge in [0.05, 0.1) is 11.7 Å². The van der Waals surface area contributed by atoms with E-state index in [-0.39, 0.29) is 30.7 Å². The largest absolute Gasteiger partial charge is 0.339 e. The third kappa shape index (κ3) is 3.49. The van der Waals surface area contributed by atoms with Crippen molar-refractivity contribution in [2.45, 2.75) is 93.6 Å². The van der Waals surface area contributed by atoms with Crippen LogP contribution < -0.4 is 0 Å². The van der Waals surface area contributed by atoms with Crippen LogP contribution in [-0.4, -0.2) is 53.0 Å². The highest BCUT2D eigenvalue weighted by Gasteiger charge is 2.64. The van der Waals surface area contributed by atoms with Crippen LogP contribution in [-0.2, 0) is 14.6 Å². The second-order valence-corrected chi connectivity index (χ2v) is 12.4. The van der Waals surface area contributed by atoms with E-state index in [4.69, 9.17) is 4.52 Å². The number of nitrogens with zero attached hydrogens (tertiary/aromatic N) is 3. The molecule has 2 aliphatic carbocycles. The molecule has 3 heterocycles. The molecule has 0 bridgehead atoms. The van der Waals surface area contributed by atoms with Gasteiger partial charge in [-0.2, -0.15) is 4.98 Å². The van der Waals surface area contributed by atoms with E-state index in [9.17, 15) is 13.2 Å². The van der Waals surface area contributed by atoms with Crippen molar-refractivity contribution in [1.82, 2.24) is 15.0 Å². The van der Waals surface area contributed by atoms with Gasteiger partial charge in [-0.05, 0) is 31.6 Å². The summed E-state index contributed by atoms with van der Waals surface area (Å²) in [5, 5.41) is 4.19. The maximum Gasteiger partial charge on any atom is 0.231 e. The maximum atomic E-state index is 13.0. The topological polar surface area (TPSA) is 93.4 Å². The summed E-state index contributed by atoms with van der Waals surface area (Å²) in [6.45, 7) is 0.565. The highest BCUT2D eigenvalue weighted by Crippen LogP contribution is 2.50. The van der Waals surface area contributed by atoms with Crippen molar-refractivity contribution >= 4 is 15.7 Å². The molecular weight excluding hydrogens is 402 g/mol. The average molecular weight is 436 g/mol. The molecule has 1 unspecified atom stereocenters. The van der Waals surface area contributed by atoms with Crippen molar-refractivity contribution in [3.8, 4) is 0 Å². The lowest BCUT2D eigenvalue weighted by molar-refractivity contribution is -0.137. The fraction of sp³-hybridized carbons (Fsp3) is 0.864. The van der Waals surface area contributed by atoms with E-state index in [0.717, 1.165) is 25.1 Å². The highest BCUT2D eigenvalue weighted by molar-refractivity contribution is 7.93. The van der Waals surface area contributed by atoms with E-state index in [2.05, 4.69) is 10.1 Å². The molecule has 4 fully saturated rings. The second-order valence-electron chi connectivity index (χ2n) is 9.99. The van der Waals surface area contributed by atoms with Gasteiger partial charge in [-0.3, -0.25) is 4.79 Å². The molecule has 7 nitrogen and oxygen atoms in total. The van der Waals surface area contributed by atoms with Crippen molar-refractivity contribution in [2.24, 2.45) is 5.92 Å². The summed E-state index contributed by atoms with van der Waals surface area (Å²) in [4.78, 5) is 19.1. The number of sulfone groups is 1. The van der Waals surface area contributed by atoms with E-state index in [1.165, 1.54) is 44.9 Å². The summed E-state index contributed by atoms with van der Waals surface area (Å²) < 4.78 is 30.6. The number of carbonyl (C=O) groups is 1. The third-order valence-electron chi connectivity index (χ3n) is 8.17. The molecule has 1 spiro atoms. The van der Waals surface area contributed by atoms with Crippen LogP contribution in [0.2, 0.25) is 0 Å². The molecule has 4 aliphatic rings. The molecule has 5 rings (SSSR count). The van der Waals surface area contributed by atoms with Crippen molar-refractivity contribution in [3.05, 3.63) is 11.7 Å². The minimum absolute atomic E-state index is 0.101. The lowest BCUT2D eigenvalue weighted by atomic mass is 9.82. The molecule has 1 amide bonds. The number of rotatable bonds is 5. The first kappa shape index (κ1) is 20.5. The van der Waals surface area contributed by atoms with Gasteiger partial charge in [-0.25, -0.2) is 8.42 Å². The van der Waals surface area contributed by atoms with Gasteiger partial charge >= 0.3 is 0 Å². The molecule has 0 radical (unpaired) electrons. The van der Waals surface area contributed by atoms with E-state index >= 15 is 0 Å². The normalized spacial score (nSPS) is 28.8. The van der Waals surface area contributed by atoms with Crippen molar-refractivity contribution in [3.63, 3.8) is 0 Å². The second kappa shape index (κ2) is 7.92. The van der Waals surface area contributed by atoms with E-state index in [1.807, 2.05) is 0 Å². The molecule has 1 aromatic rings. The molecule has 1 atom stereocenters. The van der Waals surface area contributed by atoms with Gasteiger partial charge in [0.25, 0.3) is 0 Å². The summed E-state index contributed by atoms with van der Waals surface area (Å²) in [6.07, 6.45) is 12.9. The summed E-state index contributed by atoms with van der Waals surface area (Å²) in [5.41, 5.74) is 0. The molecule has 1 aromatic heterocycles. The predicted octanol–water partition coefficient (Wildman–Crippen LogP) is 3.57. The molecule has 30 heavy (non-hydrogen) atoms. The van der Waals surface area contributed by atoms with Crippen LogP contribution in [0.15, 0.2) is 4.52 Å².